The van der Waals surface area contributed by atoms with E-state index in [1.165, 1.54) is 16.5 Å². The van der Waals surface area contributed by atoms with Gasteiger partial charge in [0, 0.05) is 28.3 Å². The minimum atomic E-state index is 0.660. The molecular weight excluding hydrogens is 303 g/mol. The van der Waals surface area contributed by atoms with Crippen molar-refractivity contribution in [2.24, 2.45) is 5.73 Å². The van der Waals surface area contributed by atoms with Crippen LogP contribution < -0.4 is 5.73 Å². The van der Waals surface area contributed by atoms with Crippen LogP contribution in [0.5, 0.6) is 0 Å². The van der Waals surface area contributed by atoms with Crippen LogP contribution >= 0.6 is 23.2 Å². The molecule has 0 saturated heterocycles. The molecule has 1 heterocycles. The fourth-order valence-electron chi connectivity index (χ4n) is 2.54. The summed E-state index contributed by atoms with van der Waals surface area (Å²) in [6.07, 6.45) is 2.99. The van der Waals surface area contributed by atoms with Crippen LogP contribution in [0.1, 0.15) is 11.1 Å². The molecule has 0 amide bonds. The van der Waals surface area contributed by atoms with Crippen molar-refractivity contribution >= 4 is 34.1 Å². The third kappa shape index (κ3) is 3.08. The second-order valence-electron chi connectivity index (χ2n) is 5.11. The monoisotopic (exact) mass is 318 g/mol. The van der Waals surface area contributed by atoms with Crippen molar-refractivity contribution in [2.45, 2.75) is 13.0 Å². The molecule has 2 nitrogen and oxygen atoms in total. The van der Waals surface area contributed by atoms with E-state index in [1.54, 1.807) is 6.07 Å². The summed E-state index contributed by atoms with van der Waals surface area (Å²) in [7, 11) is 0. The van der Waals surface area contributed by atoms with Gasteiger partial charge in [-0.2, -0.15) is 0 Å². The Kier molecular flexibility index (Phi) is 4.20. The van der Waals surface area contributed by atoms with Gasteiger partial charge in [-0.05, 0) is 59.8 Å². The lowest BCUT2D eigenvalue weighted by molar-refractivity contribution is 0.837. The van der Waals surface area contributed by atoms with Gasteiger partial charge >= 0.3 is 0 Å². The highest BCUT2D eigenvalue weighted by Gasteiger charge is 2.06. The second-order valence-corrected chi connectivity index (χ2v) is 5.95. The molecule has 0 spiro atoms. The molecule has 108 valence electrons. The molecule has 1 aromatic heterocycles. The zero-order chi connectivity index (χ0) is 14.8. The van der Waals surface area contributed by atoms with E-state index in [1.807, 2.05) is 12.1 Å². The van der Waals surface area contributed by atoms with E-state index in [9.17, 15) is 0 Å². The third-order valence-electron chi connectivity index (χ3n) is 3.62. The van der Waals surface area contributed by atoms with Gasteiger partial charge in [0.05, 0.1) is 0 Å². The Balaban J connectivity index is 1.94. The number of fused-ring (bicyclic) bond motifs is 1. The average molecular weight is 319 g/mol. The van der Waals surface area contributed by atoms with Gasteiger partial charge in [0.15, 0.2) is 0 Å². The van der Waals surface area contributed by atoms with Crippen molar-refractivity contribution < 1.29 is 0 Å². The molecule has 0 aliphatic rings. The third-order valence-corrected chi connectivity index (χ3v) is 4.21. The predicted octanol–water partition coefficient (Wildman–Crippen LogP) is 4.50. The lowest BCUT2D eigenvalue weighted by Gasteiger charge is -2.08. The second kappa shape index (κ2) is 6.10. The van der Waals surface area contributed by atoms with Gasteiger partial charge in [-0.15, -0.1) is 0 Å². The Hall–Kier alpha value is -1.48. The van der Waals surface area contributed by atoms with Crippen LogP contribution in [0.15, 0.2) is 48.7 Å². The fourth-order valence-corrected chi connectivity index (χ4v) is 3.01. The Morgan fingerprint density at radius 3 is 2.62 bits per heavy atom. The first-order valence-electron chi connectivity index (χ1n) is 6.89. The molecule has 3 rings (SSSR count). The molecule has 0 unspecified atom stereocenters. The maximum absolute atomic E-state index is 6.25. The van der Waals surface area contributed by atoms with Crippen LogP contribution in [0.25, 0.3) is 10.9 Å². The Morgan fingerprint density at radius 1 is 1.00 bits per heavy atom. The normalized spacial score (nSPS) is 11.2. The number of hydrogen-bond acceptors (Lipinski definition) is 1. The number of hydrogen-bond donors (Lipinski definition) is 1. The van der Waals surface area contributed by atoms with Crippen molar-refractivity contribution in [1.29, 1.82) is 0 Å². The molecule has 0 radical (unpaired) electrons. The SMILES string of the molecule is NCCc1ccc2c(ccn2Cc2ccc(Cl)cc2Cl)c1. The van der Waals surface area contributed by atoms with E-state index in [0.29, 0.717) is 16.6 Å². The number of nitrogens with zero attached hydrogens (tertiary/aromatic N) is 1. The number of rotatable bonds is 4. The summed E-state index contributed by atoms with van der Waals surface area (Å²) >= 11 is 12.2. The first-order chi connectivity index (χ1) is 10.2. The highest BCUT2D eigenvalue weighted by atomic mass is 35.5. The first kappa shape index (κ1) is 14.5. The van der Waals surface area contributed by atoms with Crippen LogP contribution in [-0.4, -0.2) is 11.1 Å². The molecular formula is C17H16Cl2N2. The highest BCUT2D eigenvalue weighted by molar-refractivity contribution is 6.35. The smallest absolute Gasteiger partial charge is 0.0490 e. The summed E-state index contributed by atoms with van der Waals surface area (Å²) in [5.74, 6) is 0. The van der Waals surface area contributed by atoms with Gasteiger partial charge in [-0.25, -0.2) is 0 Å². The van der Waals surface area contributed by atoms with Crippen molar-refractivity contribution in [3.8, 4) is 0 Å². The first-order valence-corrected chi connectivity index (χ1v) is 7.65. The summed E-state index contributed by atoms with van der Waals surface area (Å²) in [6.45, 7) is 1.41. The van der Waals surface area contributed by atoms with Gasteiger partial charge in [0.25, 0.3) is 0 Å². The minimum Gasteiger partial charge on any atom is -0.343 e. The predicted molar refractivity (Wildman–Crippen MR) is 90.3 cm³/mol. The van der Waals surface area contributed by atoms with Crippen LogP contribution in [0.3, 0.4) is 0 Å². The van der Waals surface area contributed by atoms with Gasteiger partial charge in [-0.1, -0.05) is 35.3 Å². The highest BCUT2D eigenvalue weighted by Crippen LogP contribution is 2.24. The van der Waals surface area contributed by atoms with Crippen LogP contribution in [0.2, 0.25) is 10.0 Å². The standard InChI is InChI=1S/C17H16Cl2N2/c18-15-3-2-14(16(19)10-15)11-21-8-6-13-9-12(5-7-20)1-4-17(13)21/h1-4,6,8-10H,5,7,11,20H2. The quantitative estimate of drug-likeness (QED) is 0.754. The van der Waals surface area contributed by atoms with E-state index in [4.69, 9.17) is 28.9 Å². The van der Waals surface area contributed by atoms with E-state index < -0.39 is 0 Å². The summed E-state index contributed by atoms with van der Waals surface area (Å²) < 4.78 is 2.19. The van der Waals surface area contributed by atoms with Crippen molar-refractivity contribution in [3.63, 3.8) is 0 Å². The summed E-state index contributed by atoms with van der Waals surface area (Å²) in [4.78, 5) is 0. The van der Waals surface area contributed by atoms with E-state index in [2.05, 4.69) is 35.0 Å². The molecule has 2 aromatic carbocycles. The minimum absolute atomic E-state index is 0.660. The van der Waals surface area contributed by atoms with Gasteiger partial charge < -0.3 is 10.3 Å². The maximum Gasteiger partial charge on any atom is 0.0490 e. The van der Waals surface area contributed by atoms with Gasteiger partial charge in [0.2, 0.25) is 0 Å². The fraction of sp³-hybridized carbons (Fsp3) is 0.176. The van der Waals surface area contributed by atoms with E-state index >= 15 is 0 Å². The topological polar surface area (TPSA) is 30.9 Å². The molecule has 0 atom stereocenters. The molecule has 2 N–H and O–H groups in total. The van der Waals surface area contributed by atoms with Crippen LogP contribution in [0.4, 0.5) is 0 Å². The van der Waals surface area contributed by atoms with E-state index in [0.717, 1.165) is 18.5 Å². The van der Waals surface area contributed by atoms with Gasteiger partial charge in [0.1, 0.15) is 0 Å². The lowest BCUT2D eigenvalue weighted by Crippen LogP contribution is -2.02. The molecule has 0 fully saturated rings. The molecule has 4 heteroatoms. The molecule has 0 aliphatic heterocycles. The van der Waals surface area contributed by atoms with E-state index in [-0.39, 0.29) is 0 Å². The molecule has 0 aliphatic carbocycles. The maximum atomic E-state index is 6.25. The van der Waals surface area contributed by atoms with Crippen molar-refractivity contribution in [3.05, 3.63) is 69.8 Å². The average Bonchev–Trinajstić information content (AvgIpc) is 2.85. The number of nitrogens with two attached hydrogens (primary N) is 1. The molecule has 0 saturated carbocycles. The van der Waals surface area contributed by atoms with Crippen molar-refractivity contribution in [1.82, 2.24) is 4.57 Å². The molecule has 3 aromatic rings. The zero-order valence-electron chi connectivity index (χ0n) is 11.5. The lowest BCUT2D eigenvalue weighted by atomic mass is 10.1. The Morgan fingerprint density at radius 2 is 1.86 bits per heavy atom. The van der Waals surface area contributed by atoms with Crippen LogP contribution in [-0.2, 0) is 13.0 Å². The summed E-state index contributed by atoms with van der Waals surface area (Å²) in [5, 5.41) is 2.59. The Bertz CT molecular complexity index is 778. The number of aromatic nitrogens is 1. The number of benzene rings is 2. The zero-order valence-corrected chi connectivity index (χ0v) is 13.0. The van der Waals surface area contributed by atoms with Gasteiger partial charge in [-0.3, -0.25) is 0 Å². The number of halogens is 2. The summed E-state index contributed by atoms with van der Waals surface area (Å²) in [6, 6.07) is 14.2. The Labute approximate surface area is 134 Å². The van der Waals surface area contributed by atoms with Crippen molar-refractivity contribution in [2.75, 3.05) is 6.54 Å². The summed E-state index contributed by atoms with van der Waals surface area (Å²) in [5.41, 5.74) is 9.14. The molecule has 21 heavy (non-hydrogen) atoms. The van der Waals surface area contributed by atoms with Crippen LogP contribution in [0, 0.1) is 0 Å². The largest absolute Gasteiger partial charge is 0.343 e. The molecule has 0 bridgehead atoms.